The Labute approximate surface area is 158 Å². The number of imide groups is 1. The average molecular weight is 373 g/mol. The Hall–Kier alpha value is -3.87. The van der Waals surface area contributed by atoms with Crippen molar-refractivity contribution < 1.29 is 14.3 Å². The molecule has 4 aromatic rings. The highest BCUT2D eigenvalue weighted by Crippen LogP contribution is 2.38. The van der Waals surface area contributed by atoms with Gasteiger partial charge in [0.2, 0.25) is 0 Å². The van der Waals surface area contributed by atoms with E-state index < -0.39 is 11.8 Å². The lowest BCUT2D eigenvalue weighted by atomic mass is 9.93. The van der Waals surface area contributed by atoms with E-state index in [1.165, 1.54) is 11.7 Å². The molecule has 5 rings (SSSR count). The van der Waals surface area contributed by atoms with E-state index in [9.17, 15) is 14.4 Å². The van der Waals surface area contributed by atoms with Gasteiger partial charge in [-0.2, -0.15) is 0 Å². The molecule has 2 heterocycles. The van der Waals surface area contributed by atoms with Crippen molar-refractivity contribution in [1.29, 1.82) is 0 Å². The second-order valence-corrected chi connectivity index (χ2v) is 6.69. The van der Waals surface area contributed by atoms with Crippen molar-refractivity contribution in [3.63, 3.8) is 0 Å². The number of hydrogen-bond donors (Lipinski definition) is 1. The third kappa shape index (κ3) is 2.01. The number of fused-ring (bicyclic) bond motifs is 1. The van der Waals surface area contributed by atoms with Crippen molar-refractivity contribution in [2.24, 2.45) is 7.05 Å². The summed E-state index contributed by atoms with van der Waals surface area (Å²) >= 11 is 0. The van der Waals surface area contributed by atoms with Crippen molar-refractivity contribution in [3.8, 4) is 5.75 Å². The maximum atomic E-state index is 13.3. The summed E-state index contributed by atoms with van der Waals surface area (Å²) in [6, 6.07) is 14.0. The van der Waals surface area contributed by atoms with E-state index in [1.807, 2.05) is 12.1 Å². The molecule has 138 valence electrons. The highest BCUT2D eigenvalue weighted by atomic mass is 16.5. The number of anilines is 1. The molecule has 3 aromatic carbocycles. The van der Waals surface area contributed by atoms with Gasteiger partial charge in [-0.25, -0.2) is 9.69 Å². The molecule has 0 saturated heterocycles. The number of benzene rings is 3. The summed E-state index contributed by atoms with van der Waals surface area (Å²) in [5.41, 5.74) is 2.05. The number of aryl methyl sites for hydroxylation is 1. The predicted octanol–water partition coefficient (Wildman–Crippen LogP) is 2.83. The molecule has 2 amide bonds. The topological polar surface area (TPSA) is 84.4 Å². The molecular weight excluding hydrogens is 358 g/mol. The van der Waals surface area contributed by atoms with E-state index in [2.05, 4.69) is 4.98 Å². The molecule has 1 aliphatic rings. The normalized spacial score (nSPS) is 13.6. The smallest absolute Gasteiger partial charge is 0.326 e. The summed E-state index contributed by atoms with van der Waals surface area (Å²) in [7, 11) is 3.08. The highest BCUT2D eigenvalue weighted by Gasteiger charge is 2.35. The third-order valence-electron chi connectivity index (χ3n) is 5.22. The van der Waals surface area contributed by atoms with E-state index in [-0.39, 0.29) is 5.69 Å². The van der Waals surface area contributed by atoms with Crippen LogP contribution in [0.4, 0.5) is 5.69 Å². The molecule has 1 aromatic heterocycles. The quantitative estimate of drug-likeness (QED) is 0.548. The first-order chi connectivity index (χ1) is 13.5. The van der Waals surface area contributed by atoms with Gasteiger partial charge < -0.3 is 9.72 Å². The lowest BCUT2D eigenvalue weighted by Crippen LogP contribution is -2.40. The Morgan fingerprint density at radius 1 is 0.929 bits per heavy atom. The van der Waals surface area contributed by atoms with E-state index in [1.54, 1.807) is 43.4 Å². The summed E-state index contributed by atoms with van der Waals surface area (Å²) in [6.45, 7) is 0. The maximum absolute atomic E-state index is 13.3. The molecule has 7 nitrogen and oxygen atoms in total. The molecule has 0 bridgehead atoms. The zero-order valence-corrected chi connectivity index (χ0v) is 15.1. The molecule has 28 heavy (non-hydrogen) atoms. The molecule has 1 aliphatic heterocycles. The van der Waals surface area contributed by atoms with Gasteiger partial charge in [0.25, 0.3) is 11.8 Å². The van der Waals surface area contributed by atoms with Crippen molar-refractivity contribution in [3.05, 3.63) is 70.1 Å². The number of aromatic nitrogens is 2. The van der Waals surface area contributed by atoms with Crippen LogP contribution in [0.1, 0.15) is 20.7 Å². The molecule has 7 heteroatoms. The Morgan fingerprint density at radius 2 is 1.57 bits per heavy atom. The van der Waals surface area contributed by atoms with E-state index in [0.29, 0.717) is 39.0 Å². The van der Waals surface area contributed by atoms with Gasteiger partial charge in [0.05, 0.1) is 23.8 Å². The second-order valence-electron chi connectivity index (χ2n) is 6.69. The largest absolute Gasteiger partial charge is 0.494 e. The summed E-state index contributed by atoms with van der Waals surface area (Å²) < 4.78 is 6.86. The van der Waals surface area contributed by atoms with Crippen LogP contribution in [0.2, 0.25) is 0 Å². The molecule has 0 spiro atoms. The first-order valence-electron chi connectivity index (χ1n) is 8.68. The monoisotopic (exact) mass is 373 g/mol. The Morgan fingerprint density at radius 3 is 2.18 bits per heavy atom. The molecule has 0 aliphatic carbocycles. The summed E-state index contributed by atoms with van der Waals surface area (Å²) in [4.78, 5) is 42.4. The van der Waals surface area contributed by atoms with Gasteiger partial charge in [-0.1, -0.05) is 24.3 Å². The fraction of sp³-hybridized carbons (Fsp3) is 0.0952. The van der Waals surface area contributed by atoms with Crippen LogP contribution in [0.3, 0.4) is 0 Å². The van der Waals surface area contributed by atoms with E-state index in [4.69, 9.17) is 4.74 Å². The molecule has 1 N–H and O–H groups in total. The SMILES string of the molecule is COc1cc2[nH]c(=O)n(C)c2cc1N1C(=O)c2cccc3cccc(c23)C1=O. The number of nitrogens with zero attached hydrogens (tertiary/aromatic N) is 2. The van der Waals surface area contributed by atoms with E-state index >= 15 is 0 Å². The first kappa shape index (κ1) is 16.3. The molecule has 0 saturated carbocycles. The van der Waals surface area contributed by atoms with Crippen LogP contribution in [0.25, 0.3) is 21.8 Å². The lowest BCUT2D eigenvalue weighted by Gasteiger charge is -2.28. The number of hydrogen-bond acceptors (Lipinski definition) is 4. The lowest BCUT2D eigenvalue weighted by molar-refractivity contribution is 0.0892. The van der Waals surface area contributed by atoms with Crippen molar-refractivity contribution in [2.45, 2.75) is 0 Å². The Kier molecular flexibility index (Phi) is 3.24. The Bertz CT molecular complexity index is 1330. The van der Waals surface area contributed by atoms with Gasteiger partial charge in [-0.05, 0) is 23.6 Å². The van der Waals surface area contributed by atoms with Crippen LogP contribution >= 0.6 is 0 Å². The number of amides is 2. The number of H-pyrrole nitrogens is 1. The number of rotatable bonds is 2. The molecule has 0 fully saturated rings. The van der Waals surface area contributed by atoms with Crippen molar-refractivity contribution >= 4 is 39.3 Å². The van der Waals surface area contributed by atoms with Gasteiger partial charge in [0.15, 0.2) is 0 Å². The van der Waals surface area contributed by atoms with Crippen molar-refractivity contribution in [2.75, 3.05) is 12.0 Å². The van der Waals surface area contributed by atoms with Crippen LogP contribution in [0.15, 0.2) is 53.3 Å². The third-order valence-corrected chi connectivity index (χ3v) is 5.22. The minimum absolute atomic E-state index is 0.291. The molecule has 0 atom stereocenters. The fourth-order valence-electron chi connectivity index (χ4n) is 3.83. The van der Waals surface area contributed by atoms with Crippen LogP contribution in [-0.2, 0) is 7.05 Å². The Balaban J connectivity index is 1.81. The summed E-state index contributed by atoms with van der Waals surface area (Å²) in [5.74, 6) is -0.525. The number of methoxy groups -OCH3 is 1. The minimum Gasteiger partial charge on any atom is -0.494 e. The number of carbonyl (C=O) groups is 2. The van der Waals surface area contributed by atoms with Crippen LogP contribution in [0, 0.1) is 0 Å². The van der Waals surface area contributed by atoms with Gasteiger partial charge >= 0.3 is 5.69 Å². The molecule has 0 radical (unpaired) electrons. The van der Waals surface area contributed by atoms with Crippen LogP contribution < -0.4 is 15.3 Å². The number of aromatic amines is 1. The van der Waals surface area contributed by atoms with Gasteiger partial charge in [0.1, 0.15) is 5.75 Å². The summed E-state index contributed by atoms with van der Waals surface area (Å²) in [5, 5.41) is 1.50. The first-order valence-corrected chi connectivity index (χ1v) is 8.68. The standard InChI is InChI=1S/C21H15N3O4/c1-23-15-10-16(17(28-2)9-14(15)22-21(23)27)24-19(25)12-7-3-5-11-6-4-8-13(18(11)12)20(24)26/h3-10H,1-2H3,(H,22,27). The fourth-order valence-corrected chi connectivity index (χ4v) is 3.83. The zero-order valence-electron chi connectivity index (χ0n) is 15.1. The average Bonchev–Trinajstić information content (AvgIpc) is 2.98. The highest BCUT2D eigenvalue weighted by molar-refractivity contribution is 6.36. The minimum atomic E-state index is -0.424. The van der Waals surface area contributed by atoms with Crippen LogP contribution in [-0.4, -0.2) is 28.5 Å². The van der Waals surface area contributed by atoms with E-state index in [0.717, 1.165) is 10.3 Å². The van der Waals surface area contributed by atoms with Crippen LogP contribution in [0.5, 0.6) is 5.75 Å². The molecular formula is C21H15N3O4. The van der Waals surface area contributed by atoms with Gasteiger partial charge in [0, 0.05) is 29.6 Å². The predicted molar refractivity (Wildman–Crippen MR) is 105 cm³/mol. The maximum Gasteiger partial charge on any atom is 0.326 e. The number of imidazole rings is 1. The van der Waals surface area contributed by atoms with Gasteiger partial charge in [-0.3, -0.25) is 14.2 Å². The summed E-state index contributed by atoms with van der Waals surface area (Å²) in [6.07, 6.45) is 0. The number of nitrogens with one attached hydrogen (secondary N) is 1. The molecule has 0 unspecified atom stereocenters. The van der Waals surface area contributed by atoms with Gasteiger partial charge in [-0.15, -0.1) is 0 Å². The van der Waals surface area contributed by atoms with Crippen molar-refractivity contribution in [1.82, 2.24) is 9.55 Å². The zero-order chi connectivity index (χ0) is 19.6. The number of carbonyl (C=O) groups excluding carboxylic acids is 2. The second kappa shape index (κ2) is 5.56. The number of ether oxygens (including phenoxy) is 1.